The quantitative estimate of drug-likeness (QED) is 0.791. The molecule has 0 heterocycles. The molecule has 2 N–H and O–H groups in total. The number of carbonyl (C=O) groups is 1. The van der Waals surface area contributed by atoms with E-state index in [0.29, 0.717) is 13.2 Å². The normalized spacial score (nSPS) is 19.0. The summed E-state index contributed by atoms with van der Waals surface area (Å²) in [6.07, 6.45) is 4.16. The highest BCUT2D eigenvalue weighted by Gasteiger charge is 2.40. The molecule has 0 spiro atoms. The number of nitrogens with one attached hydrogen (secondary N) is 1. The Morgan fingerprint density at radius 2 is 1.95 bits per heavy atom. The van der Waals surface area contributed by atoms with E-state index in [2.05, 4.69) is 5.32 Å². The van der Waals surface area contributed by atoms with Gasteiger partial charge in [-0.25, -0.2) is 0 Å². The second-order valence-electron chi connectivity index (χ2n) is 5.67. The van der Waals surface area contributed by atoms with Crippen molar-refractivity contribution < 1.29 is 14.6 Å². The minimum absolute atomic E-state index is 0.176. The zero-order valence-electron chi connectivity index (χ0n) is 12.7. The molecule has 4 nitrogen and oxygen atoms in total. The van der Waals surface area contributed by atoms with Gasteiger partial charge >= 0.3 is 5.97 Å². The molecule has 1 saturated carbocycles. The van der Waals surface area contributed by atoms with Gasteiger partial charge in [0.05, 0.1) is 12.7 Å². The molecule has 1 unspecified atom stereocenters. The highest BCUT2D eigenvalue weighted by molar-refractivity contribution is 5.81. The fraction of sp³-hybridized carbons (Fsp3) is 0.588. The van der Waals surface area contributed by atoms with Gasteiger partial charge in [0.15, 0.2) is 0 Å². The van der Waals surface area contributed by atoms with Crippen LogP contribution < -0.4 is 5.32 Å². The highest BCUT2D eigenvalue weighted by atomic mass is 16.5. The summed E-state index contributed by atoms with van der Waals surface area (Å²) in [4.78, 5) is 12.3. The predicted molar refractivity (Wildman–Crippen MR) is 81.9 cm³/mol. The summed E-state index contributed by atoms with van der Waals surface area (Å²) in [5, 5.41) is 13.6. The lowest BCUT2D eigenvalue weighted by Crippen LogP contribution is -2.55. The number of hydrogen-bond acceptors (Lipinski definition) is 4. The third kappa shape index (κ3) is 4.05. The third-order valence-corrected chi connectivity index (χ3v) is 4.19. The Bertz CT molecular complexity index is 441. The van der Waals surface area contributed by atoms with Crippen LogP contribution in [0.3, 0.4) is 0 Å². The number of benzene rings is 1. The van der Waals surface area contributed by atoms with E-state index in [1.165, 1.54) is 0 Å². The van der Waals surface area contributed by atoms with E-state index in [1.54, 1.807) is 0 Å². The maximum atomic E-state index is 12.3. The average Bonchev–Trinajstić information content (AvgIpc) is 2.54. The Labute approximate surface area is 126 Å². The van der Waals surface area contributed by atoms with Gasteiger partial charge < -0.3 is 9.84 Å². The van der Waals surface area contributed by atoms with Crippen molar-refractivity contribution in [2.75, 3.05) is 13.2 Å². The lowest BCUT2D eigenvalue weighted by atomic mass is 9.81. The standard InChI is InChI=1S/C17H25NO3/c1-2-21-16(20)17(11-7-4-8-12-17)18-13-15(19)14-9-5-3-6-10-14/h3,5-6,9-10,15,18-19H,2,4,7-8,11-13H2,1H3. The minimum Gasteiger partial charge on any atom is -0.465 e. The Kier molecular flexibility index (Phi) is 5.76. The average molecular weight is 291 g/mol. The van der Waals surface area contributed by atoms with Gasteiger partial charge in [0, 0.05) is 6.54 Å². The van der Waals surface area contributed by atoms with Crippen molar-refractivity contribution in [2.24, 2.45) is 0 Å². The molecule has 0 aliphatic heterocycles. The molecule has 4 heteroatoms. The van der Waals surface area contributed by atoms with Gasteiger partial charge in [0.1, 0.15) is 5.54 Å². The van der Waals surface area contributed by atoms with Gasteiger partial charge in [-0.3, -0.25) is 10.1 Å². The Morgan fingerprint density at radius 3 is 2.57 bits per heavy atom. The van der Waals surface area contributed by atoms with E-state index in [9.17, 15) is 9.90 Å². The topological polar surface area (TPSA) is 58.6 Å². The van der Waals surface area contributed by atoms with Crippen molar-refractivity contribution in [3.8, 4) is 0 Å². The number of rotatable bonds is 6. The minimum atomic E-state index is -0.621. The third-order valence-electron chi connectivity index (χ3n) is 4.19. The lowest BCUT2D eigenvalue weighted by molar-refractivity contribution is -0.153. The van der Waals surface area contributed by atoms with E-state index >= 15 is 0 Å². The molecule has 1 atom stereocenters. The van der Waals surface area contributed by atoms with Gasteiger partial charge in [0.2, 0.25) is 0 Å². The van der Waals surface area contributed by atoms with Crippen LogP contribution in [-0.4, -0.2) is 29.8 Å². The zero-order valence-corrected chi connectivity index (χ0v) is 12.7. The van der Waals surface area contributed by atoms with Crippen LogP contribution in [0.2, 0.25) is 0 Å². The van der Waals surface area contributed by atoms with Gasteiger partial charge in [-0.2, -0.15) is 0 Å². The van der Waals surface area contributed by atoms with Crippen LogP contribution in [0.4, 0.5) is 0 Å². The first kappa shape index (κ1) is 16.0. The first-order valence-corrected chi connectivity index (χ1v) is 7.83. The summed E-state index contributed by atoms with van der Waals surface area (Å²) in [6.45, 7) is 2.58. The molecule has 1 aromatic rings. The van der Waals surface area contributed by atoms with Gasteiger partial charge in [-0.15, -0.1) is 0 Å². The highest BCUT2D eigenvalue weighted by Crippen LogP contribution is 2.30. The number of β-amino-alcohol motifs (C(OH)–C–C–N with tert-alkyl or cyclic N) is 1. The number of ether oxygens (including phenoxy) is 1. The number of hydrogen-bond donors (Lipinski definition) is 2. The van der Waals surface area contributed by atoms with Crippen molar-refractivity contribution in [1.82, 2.24) is 5.32 Å². The molecule has 0 saturated heterocycles. The SMILES string of the molecule is CCOC(=O)C1(NCC(O)c2ccccc2)CCCCC1. The van der Waals surface area contributed by atoms with E-state index in [4.69, 9.17) is 4.74 Å². The van der Waals surface area contributed by atoms with Crippen molar-refractivity contribution in [2.45, 2.75) is 50.7 Å². The molecule has 0 aromatic heterocycles. The molecular weight excluding hydrogens is 266 g/mol. The Balaban J connectivity index is 2.00. The Morgan fingerprint density at radius 1 is 1.29 bits per heavy atom. The summed E-state index contributed by atoms with van der Waals surface area (Å²) in [5.41, 5.74) is 0.240. The largest absolute Gasteiger partial charge is 0.465 e. The number of esters is 1. The maximum absolute atomic E-state index is 12.3. The Hall–Kier alpha value is -1.39. The van der Waals surface area contributed by atoms with Crippen molar-refractivity contribution >= 4 is 5.97 Å². The fourth-order valence-electron chi connectivity index (χ4n) is 2.96. The smallest absolute Gasteiger partial charge is 0.326 e. The van der Waals surface area contributed by atoms with Crippen molar-refractivity contribution in [1.29, 1.82) is 0 Å². The second kappa shape index (κ2) is 7.57. The second-order valence-corrected chi connectivity index (χ2v) is 5.67. The van der Waals surface area contributed by atoms with E-state index in [0.717, 1.165) is 37.7 Å². The first-order valence-electron chi connectivity index (χ1n) is 7.83. The van der Waals surface area contributed by atoms with Crippen LogP contribution in [0.15, 0.2) is 30.3 Å². The summed E-state index contributed by atoms with van der Waals surface area (Å²) in [5.74, 6) is -0.176. The van der Waals surface area contributed by atoms with Crippen LogP contribution in [-0.2, 0) is 9.53 Å². The zero-order chi connectivity index (χ0) is 15.1. The van der Waals surface area contributed by atoms with E-state index in [-0.39, 0.29) is 5.97 Å². The molecule has 21 heavy (non-hydrogen) atoms. The summed E-state index contributed by atoms with van der Waals surface area (Å²) in [7, 11) is 0. The molecule has 1 aliphatic rings. The summed E-state index contributed by atoms with van der Waals surface area (Å²) < 4.78 is 5.24. The molecule has 0 bridgehead atoms. The molecule has 2 rings (SSSR count). The molecule has 0 amide bonds. The molecular formula is C17H25NO3. The molecule has 1 fully saturated rings. The van der Waals surface area contributed by atoms with Crippen LogP contribution in [0, 0.1) is 0 Å². The van der Waals surface area contributed by atoms with E-state index in [1.807, 2.05) is 37.3 Å². The monoisotopic (exact) mass is 291 g/mol. The fourth-order valence-corrected chi connectivity index (χ4v) is 2.96. The molecule has 116 valence electrons. The molecule has 1 aromatic carbocycles. The van der Waals surface area contributed by atoms with Crippen molar-refractivity contribution in [3.05, 3.63) is 35.9 Å². The van der Waals surface area contributed by atoms with Crippen LogP contribution in [0.5, 0.6) is 0 Å². The predicted octanol–water partition coefficient (Wildman–Crippen LogP) is 2.58. The van der Waals surface area contributed by atoms with Crippen LogP contribution >= 0.6 is 0 Å². The summed E-state index contributed by atoms with van der Waals surface area (Å²) in [6, 6.07) is 9.51. The van der Waals surface area contributed by atoms with Crippen LogP contribution in [0.25, 0.3) is 0 Å². The molecule has 1 aliphatic carbocycles. The lowest BCUT2D eigenvalue weighted by Gasteiger charge is -2.36. The van der Waals surface area contributed by atoms with Crippen LogP contribution in [0.1, 0.15) is 50.7 Å². The number of aliphatic hydroxyl groups is 1. The number of aliphatic hydroxyl groups excluding tert-OH is 1. The first-order chi connectivity index (χ1) is 10.2. The summed E-state index contributed by atoms with van der Waals surface area (Å²) >= 11 is 0. The molecule has 0 radical (unpaired) electrons. The van der Waals surface area contributed by atoms with Gasteiger partial charge in [-0.05, 0) is 25.3 Å². The van der Waals surface area contributed by atoms with Crippen molar-refractivity contribution in [3.63, 3.8) is 0 Å². The van der Waals surface area contributed by atoms with E-state index < -0.39 is 11.6 Å². The number of carbonyl (C=O) groups excluding carboxylic acids is 1. The van der Waals surface area contributed by atoms with Gasteiger partial charge in [-0.1, -0.05) is 49.6 Å². The van der Waals surface area contributed by atoms with Gasteiger partial charge in [0.25, 0.3) is 0 Å². The maximum Gasteiger partial charge on any atom is 0.326 e.